The van der Waals surface area contributed by atoms with E-state index in [4.69, 9.17) is 9.47 Å². The fourth-order valence-corrected chi connectivity index (χ4v) is 3.89. The molecule has 2 aliphatic rings. The zero-order valence-electron chi connectivity index (χ0n) is 17.5. The van der Waals surface area contributed by atoms with Gasteiger partial charge in [-0.05, 0) is 40.7 Å². The number of hydroxylamine groups is 3. The van der Waals surface area contributed by atoms with Gasteiger partial charge in [0.2, 0.25) is 5.60 Å². The second kappa shape index (κ2) is 8.16. The Labute approximate surface area is 170 Å². The molecule has 0 aromatic carbocycles. The molecule has 0 aromatic heterocycles. The van der Waals surface area contributed by atoms with Crippen LogP contribution in [0.3, 0.4) is 0 Å². The van der Waals surface area contributed by atoms with E-state index in [0.29, 0.717) is 17.6 Å². The van der Waals surface area contributed by atoms with E-state index < -0.39 is 46.0 Å². The Hall–Kier alpha value is -1.78. The molecule has 0 aliphatic carbocycles. The molecule has 5 atom stereocenters. The summed E-state index contributed by atoms with van der Waals surface area (Å²) in [4.78, 5) is 24.6. The number of hydrogen-bond acceptors (Lipinski definition) is 8. The second-order valence-corrected chi connectivity index (χ2v) is 8.36. The molecule has 2 rings (SSSR count). The van der Waals surface area contributed by atoms with Crippen LogP contribution in [-0.2, 0) is 19.1 Å². The molecular weight excluding hydrogens is 382 g/mol. The van der Waals surface area contributed by atoms with E-state index in [2.05, 4.69) is 0 Å². The van der Waals surface area contributed by atoms with Crippen molar-refractivity contribution < 1.29 is 39.0 Å². The number of ether oxygens (including phenoxy) is 2. The van der Waals surface area contributed by atoms with Gasteiger partial charge < -0.3 is 34.6 Å². The summed E-state index contributed by atoms with van der Waals surface area (Å²) in [6, 6.07) is -0.696. The number of allylic oxidation sites excluding steroid dienone is 1. The van der Waals surface area contributed by atoms with E-state index >= 15 is 0 Å². The van der Waals surface area contributed by atoms with Crippen molar-refractivity contribution in [3.05, 3.63) is 28.5 Å². The lowest BCUT2D eigenvalue weighted by molar-refractivity contribution is -0.877. The second-order valence-electron chi connectivity index (χ2n) is 8.36. The van der Waals surface area contributed by atoms with E-state index in [0.717, 1.165) is 0 Å². The zero-order chi connectivity index (χ0) is 22.2. The topological polar surface area (TPSA) is 136 Å². The van der Waals surface area contributed by atoms with Crippen LogP contribution in [0.5, 0.6) is 0 Å². The summed E-state index contributed by atoms with van der Waals surface area (Å²) in [5.41, 5.74) is -3.58. The molecule has 0 amide bonds. The van der Waals surface area contributed by atoms with Gasteiger partial charge in [-0.1, -0.05) is 6.08 Å². The molecule has 1 saturated heterocycles. The van der Waals surface area contributed by atoms with Gasteiger partial charge in [-0.3, -0.25) is 0 Å². The van der Waals surface area contributed by atoms with Crippen LogP contribution in [0.1, 0.15) is 41.0 Å². The number of quaternary nitrogens is 1. The summed E-state index contributed by atoms with van der Waals surface area (Å²) in [6.45, 7) is 7.00. The van der Waals surface area contributed by atoms with Crippen molar-refractivity contribution in [3.8, 4) is 0 Å². The largest absolute Gasteiger partial charge is 0.632 e. The van der Waals surface area contributed by atoms with E-state index in [1.807, 2.05) is 0 Å². The minimum Gasteiger partial charge on any atom is -0.632 e. The first kappa shape index (κ1) is 23.5. The van der Waals surface area contributed by atoms with E-state index in [1.165, 1.54) is 20.8 Å². The Morgan fingerprint density at radius 1 is 1.41 bits per heavy atom. The van der Waals surface area contributed by atoms with Crippen LogP contribution in [0.4, 0.5) is 0 Å². The minimum absolute atomic E-state index is 0.167. The fraction of sp³-hybridized carbons (Fsp3) is 0.700. The number of carbonyl (C=O) groups excluding carboxylic acids is 2. The van der Waals surface area contributed by atoms with E-state index in [9.17, 15) is 30.1 Å². The Balaban J connectivity index is 2.13. The Bertz CT molecular complexity index is 722. The number of rotatable bonds is 7. The van der Waals surface area contributed by atoms with Gasteiger partial charge in [-0.2, -0.15) is 0 Å². The molecule has 0 saturated carbocycles. The van der Waals surface area contributed by atoms with Gasteiger partial charge in [-0.15, -0.1) is 0 Å². The van der Waals surface area contributed by atoms with Crippen LogP contribution >= 0.6 is 0 Å². The third-order valence-corrected chi connectivity index (χ3v) is 5.93. The lowest BCUT2D eigenvalue weighted by Gasteiger charge is -2.41. The van der Waals surface area contributed by atoms with Crippen LogP contribution in [0.25, 0.3) is 0 Å². The van der Waals surface area contributed by atoms with E-state index in [-0.39, 0.29) is 19.7 Å². The molecule has 0 aromatic rings. The van der Waals surface area contributed by atoms with Gasteiger partial charge in [0.1, 0.15) is 12.2 Å². The normalized spacial score (nSPS) is 30.2. The van der Waals surface area contributed by atoms with Gasteiger partial charge in [0.05, 0.1) is 19.2 Å². The number of aliphatic hydroxyl groups is 3. The number of fused-ring (bicyclic) bond motifs is 1. The zero-order valence-corrected chi connectivity index (χ0v) is 17.5. The molecule has 3 N–H and O–H groups in total. The number of esters is 2. The summed E-state index contributed by atoms with van der Waals surface area (Å²) in [6.07, 6.45) is 1.43. The maximum Gasteiger partial charge on any atom is 0.344 e. The van der Waals surface area contributed by atoms with Crippen molar-refractivity contribution in [2.45, 2.75) is 70.5 Å². The molecular formula is C20H31NO8. The van der Waals surface area contributed by atoms with Crippen molar-refractivity contribution in [2.24, 2.45) is 0 Å². The molecule has 0 bridgehead atoms. The van der Waals surface area contributed by atoms with Crippen LogP contribution in [0.15, 0.2) is 23.3 Å². The maximum atomic E-state index is 13.0. The summed E-state index contributed by atoms with van der Waals surface area (Å²) in [5.74, 6) is -1.70. The number of nitrogens with zero attached hydrogens (tertiary/aromatic N) is 1. The predicted molar refractivity (Wildman–Crippen MR) is 103 cm³/mol. The highest BCUT2D eigenvalue weighted by atomic mass is 16.6. The first-order valence-corrected chi connectivity index (χ1v) is 9.68. The van der Waals surface area contributed by atoms with Crippen LogP contribution < -0.4 is 0 Å². The van der Waals surface area contributed by atoms with Gasteiger partial charge in [0.15, 0.2) is 12.1 Å². The molecule has 9 heteroatoms. The van der Waals surface area contributed by atoms with Gasteiger partial charge >= 0.3 is 11.9 Å². The summed E-state index contributed by atoms with van der Waals surface area (Å²) < 4.78 is 10.1. The first-order chi connectivity index (χ1) is 13.3. The fourth-order valence-electron chi connectivity index (χ4n) is 3.89. The van der Waals surface area contributed by atoms with Crippen molar-refractivity contribution in [3.63, 3.8) is 0 Å². The third kappa shape index (κ3) is 4.24. The molecule has 9 nitrogen and oxygen atoms in total. The summed E-state index contributed by atoms with van der Waals surface area (Å²) in [5, 5.41) is 43.5. The average Bonchev–Trinajstić information content (AvgIpc) is 3.12. The average molecular weight is 413 g/mol. The van der Waals surface area contributed by atoms with Gasteiger partial charge in [0, 0.05) is 17.6 Å². The number of hydrogen-bond donors (Lipinski definition) is 3. The molecule has 0 spiro atoms. The van der Waals surface area contributed by atoms with Crippen molar-refractivity contribution >= 4 is 11.9 Å². The highest BCUT2D eigenvalue weighted by molar-refractivity contribution is 5.87. The standard InChI is InChI=1S/C20H31NO8/c1-6-12(2)17(23)29-15-8-10-21(27)9-7-14(16(15)21)11-28-18(24)20(26,13(3)22)19(4,5)25/h6-7,13,15-16,22,25-26H,8-11H2,1-5H3/b12-6-. The number of carbonyl (C=O) groups is 2. The lowest BCUT2D eigenvalue weighted by atomic mass is 9.81. The Kier molecular flexibility index (Phi) is 6.61. The molecule has 5 unspecified atom stereocenters. The molecule has 29 heavy (non-hydrogen) atoms. The quantitative estimate of drug-likeness (QED) is 0.178. The first-order valence-electron chi connectivity index (χ1n) is 9.68. The molecule has 1 fully saturated rings. The predicted octanol–water partition coefficient (Wildman–Crippen LogP) is 0.317. The Morgan fingerprint density at radius 3 is 2.55 bits per heavy atom. The number of aliphatic hydroxyl groups excluding tert-OH is 1. The minimum atomic E-state index is -2.54. The van der Waals surface area contributed by atoms with Crippen LogP contribution in [0.2, 0.25) is 0 Å². The summed E-state index contributed by atoms with van der Waals surface area (Å²) in [7, 11) is 0. The molecule has 0 radical (unpaired) electrons. The molecule has 2 heterocycles. The van der Waals surface area contributed by atoms with Gasteiger partial charge in [-0.25, -0.2) is 9.59 Å². The Morgan fingerprint density at radius 2 is 2.03 bits per heavy atom. The van der Waals surface area contributed by atoms with Crippen molar-refractivity contribution in [1.82, 2.24) is 0 Å². The van der Waals surface area contributed by atoms with Crippen molar-refractivity contribution in [1.29, 1.82) is 0 Å². The monoisotopic (exact) mass is 413 g/mol. The smallest absolute Gasteiger partial charge is 0.344 e. The van der Waals surface area contributed by atoms with Crippen LogP contribution in [0, 0.1) is 5.21 Å². The SMILES string of the molecule is C/C=C(/C)C(=O)OC1CC[N+]2([O-])CC=C(COC(=O)C(O)(C(C)O)C(C)(C)O)C12. The third-order valence-electron chi connectivity index (χ3n) is 5.93. The molecule has 2 aliphatic heterocycles. The summed E-state index contributed by atoms with van der Waals surface area (Å²) >= 11 is 0. The van der Waals surface area contributed by atoms with Gasteiger partial charge in [0.25, 0.3) is 0 Å². The molecule has 164 valence electrons. The van der Waals surface area contributed by atoms with Crippen molar-refractivity contribution in [2.75, 3.05) is 19.7 Å². The maximum absolute atomic E-state index is 13.0. The highest BCUT2D eigenvalue weighted by Gasteiger charge is 2.55. The van der Waals surface area contributed by atoms with Crippen LogP contribution in [-0.4, -0.2) is 81.1 Å². The highest BCUT2D eigenvalue weighted by Crippen LogP contribution is 2.38. The van der Waals surface area contributed by atoms with E-state index in [1.54, 1.807) is 26.0 Å². The lowest BCUT2D eigenvalue weighted by Crippen LogP contribution is -2.63.